The first kappa shape index (κ1) is 17.3. The number of carbonyl (C=O) groups is 1. The molecule has 4 rings (SSSR count). The fraction of sp³-hybridized carbons (Fsp3) is 0.158. The Morgan fingerprint density at radius 3 is 2.56 bits per heavy atom. The summed E-state index contributed by atoms with van der Waals surface area (Å²) in [5, 5.41) is 5.10. The highest BCUT2D eigenvalue weighted by Crippen LogP contribution is 2.37. The molecule has 0 saturated carbocycles. The van der Waals surface area contributed by atoms with Gasteiger partial charge >= 0.3 is 0 Å². The fourth-order valence-corrected chi connectivity index (χ4v) is 4.48. The van der Waals surface area contributed by atoms with Crippen LogP contribution in [0, 0.1) is 13.8 Å². The largest absolute Gasteiger partial charge is 0.366 e. The van der Waals surface area contributed by atoms with Crippen LogP contribution in [0.1, 0.15) is 21.8 Å². The number of primary amides is 1. The first-order chi connectivity index (χ1) is 12.7. The van der Waals surface area contributed by atoms with E-state index in [2.05, 4.69) is 10.1 Å². The van der Waals surface area contributed by atoms with Crippen molar-refractivity contribution in [2.75, 3.05) is 6.26 Å². The van der Waals surface area contributed by atoms with Gasteiger partial charge in [-0.05, 0) is 43.7 Å². The molecule has 0 saturated heterocycles. The number of H-pyrrole nitrogens is 1. The molecule has 0 radical (unpaired) electrons. The van der Waals surface area contributed by atoms with Crippen molar-refractivity contribution in [1.29, 1.82) is 0 Å². The van der Waals surface area contributed by atoms with Gasteiger partial charge in [0.2, 0.25) is 0 Å². The van der Waals surface area contributed by atoms with Crippen LogP contribution in [-0.4, -0.2) is 30.7 Å². The van der Waals surface area contributed by atoms with E-state index in [4.69, 9.17) is 10.3 Å². The number of nitrogens with two attached hydrogens (primary N) is 1. The van der Waals surface area contributed by atoms with Crippen LogP contribution in [0.15, 0.2) is 39.8 Å². The quantitative estimate of drug-likeness (QED) is 0.563. The van der Waals surface area contributed by atoms with Gasteiger partial charge in [0.1, 0.15) is 5.76 Å². The highest BCUT2D eigenvalue weighted by molar-refractivity contribution is 7.91. The number of nitrogens with one attached hydrogen (secondary N) is 1. The van der Waals surface area contributed by atoms with Crippen LogP contribution in [-0.2, 0) is 9.84 Å². The molecular weight excluding hydrogens is 366 g/mol. The first-order valence-electron chi connectivity index (χ1n) is 8.20. The molecule has 2 aromatic heterocycles. The average Bonchev–Trinajstić information content (AvgIpc) is 3.12. The fourth-order valence-electron chi connectivity index (χ4n) is 3.56. The van der Waals surface area contributed by atoms with Crippen LogP contribution >= 0.6 is 0 Å². The third-order valence-corrected chi connectivity index (χ3v) is 5.82. The number of amides is 1. The number of hydrogen-bond acceptors (Lipinski definition) is 5. The zero-order chi connectivity index (χ0) is 19.5. The van der Waals surface area contributed by atoms with Gasteiger partial charge in [0.25, 0.3) is 5.91 Å². The summed E-state index contributed by atoms with van der Waals surface area (Å²) in [5.74, 6) is -0.00785. The molecule has 3 N–H and O–H groups in total. The Morgan fingerprint density at radius 2 is 1.96 bits per heavy atom. The second-order valence-corrected chi connectivity index (χ2v) is 8.57. The zero-order valence-electron chi connectivity index (χ0n) is 15.0. The van der Waals surface area contributed by atoms with Crippen LogP contribution in [0.4, 0.5) is 0 Å². The van der Waals surface area contributed by atoms with Crippen molar-refractivity contribution in [1.82, 2.24) is 10.1 Å². The number of aromatic nitrogens is 2. The minimum Gasteiger partial charge on any atom is -0.366 e. The molecule has 1 amide bonds. The monoisotopic (exact) mass is 383 g/mol. The number of fused-ring (bicyclic) bond motifs is 3. The molecule has 4 aromatic rings. The van der Waals surface area contributed by atoms with Crippen molar-refractivity contribution in [2.45, 2.75) is 18.7 Å². The minimum absolute atomic E-state index is 0.192. The lowest BCUT2D eigenvalue weighted by Gasteiger charge is -2.06. The van der Waals surface area contributed by atoms with Gasteiger partial charge in [-0.2, -0.15) is 0 Å². The second kappa shape index (κ2) is 5.68. The van der Waals surface area contributed by atoms with E-state index in [-0.39, 0.29) is 10.5 Å². The first-order valence-corrected chi connectivity index (χ1v) is 10.1. The van der Waals surface area contributed by atoms with Crippen LogP contribution in [0.3, 0.4) is 0 Å². The van der Waals surface area contributed by atoms with E-state index in [1.165, 1.54) is 0 Å². The van der Waals surface area contributed by atoms with Crippen molar-refractivity contribution < 1.29 is 17.7 Å². The highest BCUT2D eigenvalue weighted by atomic mass is 32.2. The molecule has 0 bridgehead atoms. The Morgan fingerprint density at radius 1 is 1.22 bits per heavy atom. The minimum atomic E-state index is -3.47. The van der Waals surface area contributed by atoms with Gasteiger partial charge in [-0.3, -0.25) is 4.79 Å². The third kappa shape index (κ3) is 2.60. The molecule has 0 aliphatic rings. The Kier molecular flexibility index (Phi) is 3.64. The van der Waals surface area contributed by atoms with E-state index >= 15 is 0 Å². The molecule has 0 aliphatic carbocycles. The van der Waals surface area contributed by atoms with Crippen LogP contribution in [0.2, 0.25) is 0 Å². The van der Waals surface area contributed by atoms with E-state index in [0.717, 1.165) is 11.8 Å². The molecular formula is C19H17N3O4S. The molecule has 138 valence electrons. The summed E-state index contributed by atoms with van der Waals surface area (Å²) in [6.45, 7) is 3.58. The van der Waals surface area contributed by atoms with Gasteiger partial charge in [0.15, 0.2) is 9.84 Å². The molecule has 0 spiro atoms. The van der Waals surface area contributed by atoms with E-state index in [9.17, 15) is 13.2 Å². The summed E-state index contributed by atoms with van der Waals surface area (Å²) >= 11 is 0. The molecule has 0 atom stereocenters. The number of aromatic amines is 1. The molecule has 27 heavy (non-hydrogen) atoms. The van der Waals surface area contributed by atoms with Crippen molar-refractivity contribution in [3.63, 3.8) is 0 Å². The third-order valence-electron chi connectivity index (χ3n) is 4.68. The Hall–Kier alpha value is -3.13. The smallest absolute Gasteiger partial charge is 0.250 e. The maximum absolute atomic E-state index is 12.3. The van der Waals surface area contributed by atoms with Crippen molar-refractivity contribution in [2.24, 2.45) is 5.73 Å². The number of benzene rings is 2. The summed E-state index contributed by atoms with van der Waals surface area (Å²) in [6.07, 6.45) is 1.16. The summed E-state index contributed by atoms with van der Waals surface area (Å²) in [4.78, 5) is 15.4. The molecule has 0 unspecified atom stereocenters. The van der Waals surface area contributed by atoms with Crippen LogP contribution < -0.4 is 5.73 Å². The highest BCUT2D eigenvalue weighted by Gasteiger charge is 2.21. The van der Waals surface area contributed by atoms with Crippen molar-refractivity contribution >= 4 is 37.6 Å². The van der Waals surface area contributed by atoms with Gasteiger partial charge in [0, 0.05) is 28.1 Å². The van der Waals surface area contributed by atoms with E-state index in [1.54, 1.807) is 38.1 Å². The van der Waals surface area contributed by atoms with E-state index < -0.39 is 15.7 Å². The topological polar surface area (TPSA) is 119 Å². The maximum Gasteiger partial charge on any atom is 0.250 e. The van der Waals surface area contributed by atoms with Gasteiger partial charge in [-0.25, -0.2) is 8.42 Å². The van der Waals surface area contributed by atoms with Gasteiger partial charge in [0.05, 0.1) is 21.7 Å². The summed E-state index contributed by atoms with van der Waals surface area (Å²) in [7, 11) is -3.47. The predicted molar refractivity (Wildman–Crippen MR) is 102 cm³/mol. The molecule has 0 aliphatic heterocycles. The molecule has 8 heteroatoms. The summed E-state index contributed by atoms with van der Waals surface area (Å²) < 4.78 is 29.8. The van der Waals surface area contributed by atoms with Crippen molar-refractivity contribution in [3.05, 3.63) is 47.3 Å². The van der Waals surface area contributed by atoms with Crippen molar-refractivity contribution in [3.8, 4) is 11.1 Å². The SMILES string of the molecule is Cc1noc(C)c1-c1cc(C(N)=O)c2[nH]c3cccc(S(C)(=O)=O)c3c2c1. The van der Waals surface area contributed by atoms with Gasteiger partial charge < -0.3 is 15.2 Å². The van der Waals surface area contributed by atoms with E-state index in [1.807, 2.05) is 6.07 Å². The number of sulfone groups is 1. The zero-order valence-corrected chi connectivity index (χ0v) is 15.8. The summed E-state index contributed by atoms with van der Waals surface area (Å²) in [6, 6.07) is 8.49. The normalized spacial score (nSPS) is 12.1. The van der Waals surface area contributed by atoms with Crippen LogP contribution in [0.5, 0.6) is 0 Å². The molecule has 2 heterocycles. The number of rotatable bonds is 3. The Bertz CT molecular complexity index is 1330. The number of aryl methyl sites for hydroxylation is 2. The number of nitrogens with zero attached hydrogens (tertiary/aromatic N) is 1. The maximum atomic E-state index is 12.3. The lowest BCUT2D eigenvalue weighted by atomic mass is 9.98. The number of hydrogen-bond donors (Lipinski definition) is 2. The molecule has 2 aromatic carbocycles. The predicted octanol–water partition coefficient (Wildman–Crippen LogP) is 3.10. The Balaban J connectivity index is 2.22. The number of carbonyl (C=O) groups excluding carboxylic acids is 1. The van der Waals surface area contributed by atoms with Gasteiger partial charge in [-0.15, -0.1) is 0 Å². The molecule has 0 fully saturated rings. The van der Waals surface area contributed by atoms with E-state index in [0.29, 0.717) is 38.8 Å². The van der Waals surface area contributed by atoms with Gasteiger partial charge in [-0.1, -0.05) is 11.2 Å². The van der Waals surface area contributed by atoms with Crippen LogP contribution in [0.25, 0.3) is 32.9 Å². The lowest BCUT2D eigenvalue weighted by Crippen LogP contribution is -2.11. The second-order valence-electron chi connectivity index (χ2n) is 6.59. The Labute approximate surface area is 155 Å². The average molecular weight is 383 g/mol. The lowest BCUT2D eigenvalue weighted by molar-refractivity contribution is 0.100. The summed E-state index contributed by atoms with van der Waals surface area (Å²) in [5.41, 5.74) is 9.12. The molecule has 7 nitrogen and oxygen atoms in total. The standard InChI is InChI=1S/C19H17N3O4S/c1-9-16(10(2)26-22-9)11-7-12-17-14(5-4-6-15(17)27(3,24)25)21-18(12)13(8-11)19(20)23/h4-8,21H,1-3H3,(H2,20,23).